The molecular weight excluding hydrogens is 238 g/mol. The Kier molecular flexibility index (Phi) is 3.78. The molecule has 1 aliphatic carbocycles. The number of pyridine rings is 1. The fourth-order valence-corrected chi connectivity index (χ4v) is 2.76. The third kappa shape index (κ3) is 3.13. The minimum atomic E-state index is 0.177. The van der Waals surface area contributed by atoms with Crippen LogP contribution in [-0.2, 0) is 11.3 Å². The van der Waals surface area contributed by atoms with Gasteiger partial charge in [-0.15, -0.1) is 0 Å². The van der Waals surface area contributed by atoms with Crippen molar-refractivity contribution < 1.29 is 4.79 Å². The first kappa shape index (κ1) is 12.6. The van der Waals surface area contributed by atoms with E-state index in [9.17, 15) is 4.79 Å². The molecule has 102 valence electrons. The highest BCUT2D eigenvalue weighted by molar-refractivity contribution is 5.79. The van der Waals surface area contributed by atoms with E-state index in [4.69, 9.17) is 0 Å². The number of rotatable bonds is 4. The van der Waals surface area contributed by atoms with E-state index in [-0.39, 0.29) is 5.92 Å². The summed E-state index contributed by atoms with van der Waals surface area (Å²) in [5.41, 5.74) is 1.18. The smallest absolute Gasteiger partial charge is 0.227 e. The fraction of sp³-hybridized carbons (Fsp3) is 0.600. The van der Waals surface area contributed by atoms with E-state index in [1.165, 1.54) is 5.56 Å². The van der Waals surface area contributed by atoms with Crippen LogP contribution in [0, 0.1) is 5.92 Å². The molecule has 0 radical (unpaired) electrons. The maximum atomic E-state index is 12.7. The Morgan fingerprint density at radius 2 is 2.11 bits per heavy atom. The maximum absolute atomic E-state index is 12.7. The molecule has 0 bridgehead atoms. The first-order chi connectivity index (χ1) is 9.34. The summed E-state index contributed by atoms with van der Waals surface area (Å²) in [4.78, 5) is 18.8. The molecule has 19 heavy (non-hydrogen) atoms. The van der Waals surface area contributed by atoms with Crippen molar-refractivity contribution >= 4 is 5.91 Å². The topological polar surface area (TPSA) is 45.2 Å². The highest BCUT2D eigenvalue weighted by atomic mass is 16.2. The zero-order chi connectivity index (χ0) is 13.1. The highest BCUT2D eigenvalue weighted by Crippen LogP contribution is 2.30. The predicted molar refractivity (Wildman–Crippen MR) is 73.4 cm³/mol. The lowest BCUT2D eigenvalue weighted by molar-refractivity contribution is -0.137. The summed E-state index contributed by atoms with van der Waals surface area (Å²) >= 11 is 0. The second-order valence-electron chi connectivity index (χ2n) is 5.60. The average molecular weight is 259 g/mol. The molecule has 2 heterocycles. The summed E-state index contributed by atoms with van der Waals surface area (Å²) in [6.45, 7) is 2.64. The van der Waals surface area contributed by atoms with Gasteiger partial charge < -0.3 is 10.2 Å². The number of carbonyl (C=O) groups is 1. The van der Waals surface area contributed by atoms with Gasteiger partial charge in [-0.3, -0.25) is 9.78 Å². The molecule has 2 fully saturated rings. The van der Waals surface area contributed by atoms with Crippen LogP contribution in [0.15, 0.2) is 24.5 Å². The number of hydrogen-bond acceptors (Lipinski definition) is 3. The van der Waals surface area contributed by atoms with Crippen LogP contribution >= 0.6 is 0 Å². The van der Waals surface area contributed by atoms with Gasteiger partial charge in [0.1, 0.15) is 0 Å². The molecule has 1 saturated carbocycles. The number of nitrogens with zero attached hydrogens (tertiary/aromatic N) is 2. The molecule has 1 aliphatic heterocycles. The standard InChI is InChI=1S/C15H21N3O/c19-15(13-2-1-7-17-10-13)18(14-3-4-14)11-12-5-8-16-9-6-12/h5-6,8-9,13-14,17H,1-4,7,10-11H2/t13-/m1/s1. The summed E-state index contributed by atoms with van der Waals surface area (Å²) in [5, 5.41) is 3.34. The van der Waals surface area contributed by atoms with Crippen LogP contribution in [0.2, 0.25) is 0 Å². The monoisotopic (exact) mass is 259 g/mol. The van der Waals surface area contributed by atoms with Gasteiger partial charge in [0.2, 0.25) is 5.91 Å². The van der Waals surface area contributed by atoms with E-state index < -0.39 is 0 Å². The number of carbonyl (C=O) groups excluding carboxylic acids is 1. The van der Waals surface area contributed by atoms with E-state index in [0.29, 0.717) is 11.9 Å². The molecule has 0 spiro atoms. The third-order valence-electron chi connectivity index (χ3n) is 4.02. The van der Waals surface area contributed by atoms with Crippen molar-refractivity contribution in [3.05, 3.63) is 30.1 Å². The molecule has 0 unspecified atom stereocenters. The Morgan fingerprint density at radius 1 is 1.32 bits per heavy atom. The fourth-order valence-electron chi connectivity index (χ4n) is 2.76. The summed E-state index contributed by atoms with van der Waals surface area (Å²) < 4.78 is 0. The Balaban J connectivity index is 1.68. The molecule has 3 rings (SSSR count). The van der Waals surface area contributed by atoms with E-state index in [1.807, 2.05) is 12.1 Å². The molecule has 0 aromatic carbocycles. The summed E-state index contributed by atoms with van der Waals surface area (Å²) in [5.74, 6) is 0.516. The third-order valence-corrected chi connectivity index (χ3v) is 4.02. The van der Waals surface area contributed by atoms with E-state index in [0.717, 1.165) is 45.3 Å². The molecule has 1 atom stereocenters. The van der Waals surface area contributed by atoms with Gasteiger partial charge in [-0.2, -0.15) is 0 Å². The highest BCUT2D eigenvalue weighted by Gasteiger charge is 2.36. The predicted octanol–water partition coefficient (Wildman–Crippen LogP) is 1.57. The van der Waals surface area contributed by atoms with Gasteiger partial charge in [0.05, 0.1) is 5.92 Å². The molecule has 1 saturated heterocycles. The van der Waals surface area contributed by atoms with E-state index in [2.05, 4.69) is 15.2 Å². The van der Waals surface area contributed by atoms with Crippen molar-refractivity contribution in [2.75, 3.05) is 13.1 Å². The molecule has 1 amide bonds. The largest absolute Gasteiger partial charge is 0.335 e. The van der Waals surface area contributed by atoms with E-state index >= 15 is 0 Å². The number of amides is 1. The number of piperidine rings is 1. The first-order valence-electron chi connectivity index (χ1n) is 7.24. The van der Waals surface area contributed by atoms with Gasteiger partial charge in [-0.05, 0) is 49.9 Å². The molecule has 4 heteroatoms. The molecule has 2 aliphatic rings. The van der Waals surface area contributed by atoms with Gasteiger partial charge >= 0.3 is 0 Å². The van der Waals surface area contributed by atoms with Gasteiger partial charge in [0.25, 0.3) is 0 Å². The van der Waals surface area contributed by atoms with Crippen LogP contribution in [0.25, 0.3) is 0 Å². The second kappa shape index (κ2) is 5.70. The minimum absolute atomic E-state index is 0.177. The van der Waals surface area contributed by atoms with Crippen molar-refractivity contribution in [1.29, 1.82) is 0 Å². The number of aromatic nitrogens is 1. The summed E-state index contributed by atoms with van der Waals surface area (Å²) in [7, 11) is 0. The van der Waals surface area contributed by atoms with Crippen LogP contribution in [-0.4, -0.2) is 34.9 Å². The minimum Gasteiger partial charge on any atom is -0.335 e. The molecule has 4 nitrogen and oxygen atoms in total. The molecule has 1 aromatic heterocycles. The van der Waals surface area contributed by atoms with Crippen LogP contribution in [0.5, 0.6) is 0 Å². The zero-order valence-corrected chi connectivity index (χ0v) is 11.2. The molecule has 1 aromatic rings. The lowest BCUT2D eigenvalue weighted by Crippen LogP contribution is -2.43. The van der Waals surface area contributed by atoms with Crippen molar-refractivity contribution in [1.82, 2.24) is 15.2 Å². The van der Waals surface area contributed by atoms with Crippen LogP contribution in [0.3, 0.4) is 0 Å². The summed E-state index contributed by atoms with van der Waals surface area (Å²) in [6.07, 6.45) is 8.07. The SMILES string of the molecule is O=C([C@@H]1CCCNC1)N(Cc1ccncc1)C1CC1. The van der Waals surface area contributed by atoms with Gasteiger partial charge in [0.15, 0.2) is 0 Å². The number of nitrogens with one attached hydrogen (secondary N) is 1. The van der Waals surface area contributed by atoms with Crippen LogP contribution in [0.1, 0.15) is 31.2 Å². The van der Waals surface area contributed by atoms with Crippen LogP contribution in [0.4, 0.5) is 0 Å². The lowest BCUT2D eigenvalue weighted by atomic mass is 9.97. The maximum Gasteiger partial charge on any atom is 0.227 e. The summed E-state index contributed by atoms with van der Waals surface area (Å²) in [6, 6.07) is 4.48. The molecular formula is C15H21N3O. The van der Waals surface area contributed by atoms with Gasteiger partial charge in [-0.1, -0.05) is 0 Å². The lowest BCUT2D eigenvalue weighted by Gasteiger charge is -2.30. The Labute approximate surface area is 114 Å². The van der Waals surface area contributed by atoms with Crippen molar-refractivity contribution in [3.63, 3.8) is 0 Å². The second-order valence-corrected chi connectivity index (χ2v) is 5.60. The zero-order valence-electron chi connectivity index (χ0n) is 11.2. The van der Waals surface area contributed by atoms with Gasteiger partial charge in [-0.25, -0.2) is 0 Å². The quantitative estimate of drug-likeness (QED) is 0.892. The van der Waals surface area contributed by atoms with Crippen molar-refractivity contribution in [2.45, 2.75) is 38.3 Å². The van der Waals surface area contributed by atoms with E-state index in [1.54, 1.807) is 12.4 Å². The first-order valence-corrected chi connectivity index (χ1v) is 7.24. The van der Waals surface area contributed by atoms with Crippen molar-refractivity contribution in [2.24, 2.45) is 5.92 Å². The Hall–Kier alpha value is -1.42. The Morgan fingerprint density at radius 3 is 2.74 bits per heavy atom. The number of hydrogen-bond donors (Lipinski definition) is 1. The average Bonchev–Trinajstić information content (AvgIpc) is 3.31. The van der Waals surface area contributed by atoms with Gasteiger partial charge in [0, 0.05) is 31.5 Å². The Bertz CT molecular complexity index is 424. The molecule has 1 N–H and O–H groups in total. The van der Waals surface area contributed by atoms with Crippen LogP contribution < -0.4 is 5.32 Å². The van der Waals surface area contributed by atoms with Crippen molar-refractivity contribution in [3.8, 4) is 0 Å². The normalized spacial score (nSPS) is 23.1.